The van der Waals surface area contributed by atoms with E-state index in [1.165, 1.54) is 12.8 Å². The summed E-state index contributed by atoms with van der Waals surface area (Å²) in [6, 6.07) is 17.3. The predicted octanol–water partition coefficient (Wildman–Crippen LogP) is 5.25. The van der Waals surface area contributed by atoms with Gasteiger partial charge in [-0.3, -0.25) is 14.6 Å². The van der Waals surface area contributed by atoms with Crippen molar-refractivity contribution in [2.45, 2.75) is 32.1 Å². The van der Waals surface area contributed by atoms with Gasteiger partial charge in [0, 0.05) is 54.7 Å². The monoisotopic (exact) mass is 479 g/mol. The molecule has 0 spiro atoms. The minimum atomic E-state index is -0.126. The average molecular weight is 480 g/mol. The summed E-state index contributed by atoms with van der Waals surface area (Å²) in [6.07, 6.45) is 6.22. The van der Waals surface area contributed by atoms with Crippen LogP contribution in [0.5, 0.6) is 0 Å². The van der Waals surface area contributed by atoms with E-state index in [0.29, 0.717) is 24.4 Å². The Balaban J connectivity index is 1.29. The number of carbonyl (C=O) groups is 2. The first-order chi connectivity index (χ1) is 17.5. The topological polar surface area (TPSA) is 96.9 Å². The number of nitrogens with one attached hydrogen (secondary N) is 2. The van der Waals surface area contributed by atoms with Gasteiger partial charge in [0.25, 0.3) is 5.91 Å². The van der Waals surface area contributed by atoms with E-state index in [1.807, 2.05) is 48.5 Å². The number of para-hydroxylation sites is 1. The number of amides is 1. The molecule has 0 saturated heterocycles. The molecule has 1 aliphatic carbocycles. The van der Waals surface area contributed by atoms with E-state index in [-0.39, 0.29) is 17.6 Å². The Morgan fingerprint density at radius 3 is 2.58 bits per heavy atom. The molecule has 4 aromatic rings. The SMILES string of the molecule is CNC(=O)c1ccnc2c([C@H](C)CNc3cc(-c4ccc(C(=O)CC5CC5)cc4)ncn3)cccc12. The van der Waals surface area contributed by atoms with E-state index >= 15 is 0 Å². The van der Waals surface area contributed by atoms with Gasteiger partial charge in [-0.1, -0.05) is 49.4 Å². The lowest BCUT2D eigenvalue weighted by molar-refractivity contribution is 0.0960. The van der Waals surface area contributed by atoms with Crippen molar-refractivity contribution in [3.8, 4) is 11.3 Å². The molecule has 2 aromatic carbocycles. The summed E-state index contributed by atoms with van der Waals surface area (Å²) in [7, 11) is 1.63. The van der Waals surface area contributed by atoms with Crippen molar-refractivity contribution in [2.24, 2.45) is 5.92 Å². The quantitative estimate of drug-likeness (QED) is 0.318. The van der Waals surface area contributed by atoms with Crippen LogP contribution in [0.2, 0.25) is 0 Å². The van der Waals surface area contributed by atoms with Crippen LogP contribution in [0.15, 0.2) is 67.1 Å². The summed E-state index contributed by atoms with van der Waals surface area (Å²) in [5.41, 5.74) is 5.00. The molecule has 7 nitrogen and oxygen atoms in total. The molecular weight excluding hydrogens is 450 g/mol. The van der Waals surface area contributed by atoms with Crippen LogP contribution >= 0.6 is 0 Å². The Kier molecular flexibility index (Phi) is 6.71. The van der Waals surface area contributed by atoms with Gasteiger partial charge in [-0.25, -0.2) is 9.97 Å². The van der Waals surface area contributed by atoms with Gasteiger partial charge < -0.3 is 10.6 Å². The summed E-state index contributed by atoms with van der Waals surface area (Å²) < 4.78 is 0. The molecule has 7 heteroatoms. The Morgan fingerprint density at radius 1 is 1.03 bits per heavy atom. The third-order valence-electron chi connectivity index (χ3n) is 6.73. The first-order valence-electron chi connectivity index (χ1n) is 12.3. The molecule has 2 aromatic heterocycles. The number of hydrogen-bond acceptors (Lipinski definition) is 6. The molecule has 2 N–H and O–H groups in total. The lowest BCUT2D eigenvalue weighted by Crippen LogP contribution is -2.18. The fraction of sp³-hybridized carbons (Fsp3) is 0.276. The summed E-state index contributed by atoms with van der Waals surface area (Å²) >= 11 is 0. The highest BCUT2D eigenvalue weighted by atomic mass is 16.1. The summed E-state index contributed by atoms with van der Waals surface area (Å²) in [5.74, 6) is 1.52. The molecule has 0 radical (unpaired) electrons. The van der Waals surface area contributed by atoms with Crippen molar-refractivity contribution >= 4 is 28.4 Å². The van der Waals surface area contributed by atoms with Crippen LogP contribution in [0, 0.1) is 5.92 Å². The molecule has 0 aliphatic heterocycles. The van der Waals surface area contributed by atoms with Gasteiger partial charge in [0.15, 0.2) is 5.78 Å². The van der Waals surface area contributed by atoms with Crippen LogP contribution in [0.3, 0.4) is 0 Å². The zero-order valence-electron chi connectivity index (χ0n) is 20.5. The molecular formula is C29H29N5O2. The number of carbonyl (C=O) groups excluding carboxylic acids is 2. The Morgan fingerprint density at radius 2 is 1.83 bits per heavy atom. The van der Waals surface area contributed by atoms with Gasteiger partial charge in [0.05, 0.1) is 16.8 Å². The molecule has 1 aliphatic rings. The molecule has 0 unspecified atom stereocenters. The minimum absolute atomic E-state index is 0.122. The predicted molar refractivity (Wildman–Crippen MR) is 141 cm³/mol. The third kappa shape index (κ3) is 5.10. The number of fused-ring (bicyclic) bond motifs is 1. The molecule has 182 valence electrons. The first kappa shape index (κ1) is 23.6. The zero-order valence-corrected chi connectivity index (χ0v) is 20.5. The summed E-state index contributed by atoms with van der Waals surface area (Å²) in [4.78, 5) is 38.0. The lowest BCUT2D eigenvalue weighted by atomic mass is 9.96. The van der Waals surface area contributed by atoms with Crippen LogP contribution in [0.25, 0.3) is 22.2 Å². The van der Waals surface area contributed by atoms with Crippen molar-refractivity contribution < 1.29 is 9.59 Å². The van der Waals surface area contributed by atoms with Crippen molar-refractivity contribution in [1.82, 2.24) is 20.3 Å². The number of pyridine rings is 1. The second-order valence-corrected chi connectivity index (χ2v) is 9.40. The molecule has 2 heterocycles. The fourth-order valence-electron chi connectivity index (χ4n) is 4.44. The molecule has 1 fully saturated rings. The standard InChI is InChI=1S/C29H29N5O2/c1-18(22-4-3-5-23-24(29(36)30-2)12-13-31-28(22)23)16-32-27-15-25(33-17-34-27)20-8-10-21(11-9-20)26(35)14-19-6-7-19/h3-5,8-13,15,17-19H,6-7,14,16H2,1-2H3,(H,30,36)(H,32,33,34)/t18-/m1/s1. The second-order valence-electron chi connectivity index (χ2n) is 9.40. The van der Waals surface area contributed by atoms with Gasteiger partial charge >= 0.3 is 0 Å². The number of Topliss-reactive ketones (excluding diaryl/α,β-unsaturated/α-hetero) is 1. The highest BCUT2D eigenvalue weighted by molar-refractivity contribution is 6.06. The number of ketones is 1. The number of hydrogen-bond donors (Lipinski definition) is 2. The van der Waals surface area contributed by atoms with Gasteiger partial charge in [0.1, 0.15) is 12.1 Å². The summed E-state index contributed by atoms with van der Waals surface area (Å²) in [5, 5.41) is 6.95. The molecule has 1 saturated carbocycles. The van der Waals surface area contributed by atoms with Crippen LogP contribution in [0.4, 0.5) is 5.82 Å². The Labute approximate surface area is 210 Å². The lowest BCUT2D eigenvalue weighted by Gasteiger charge is -2.16. The highest BCUT2D eigenvalue weighted by Crippen LogP contribution is 2.33. The molecule has 5 rings (SSSR count). The van der Waals surface area contributed by atoms with Gasteiger partial charge in [-0.05, 0) is 30.4 Å². The van der Waals surface area contributed by atoms with Gasteiger partial charge in [-0.15, -0.1) is 0 Å². The zero-order chi connectivity index (χ0) is 25.1. The third-order valence-corrected chi connectivity index (χ3v) is 6.73. The Hall–Kier alpha value is -4.13. The minimum Gasteiger partial charge on any atom is -0.369 e. The Bertz CT molecular complexity index is 1410. The number of benzene rings is 2. The van der Waals surface area contributed by atoms with Crippen LogP contribution in [-0.2, 0) is 0 Å². The van der Waals surface area contributed by atoms with Crippen LogP contribution in [0.1, 0.15) is 58.4 Å². The fourth-order valence-corrected chi connectivity index (χ4v) is 4.44. The molecule has 1 atom stereocenters. The number of aromatic nitrogens is 3. The van der Waals surface area contributed by atoms with Crippen molar-refractivity contribution in [3.05, 3.63) is 83.8 Å². The van der Waals surface area contributed by atoms with Crippen LogP contribution in [-0.4, -0.2) is 40.2 Å². The van der Waals surface area contributed by atoms with Crippen molar-refractivity contribution in [2.75, 3.05) is 18.9 Å². The number of anilines is 1. The maximum Gasteiger partial charge on any atom is 0.251 e. The molecule has 0 bridgehead atoms. The van der Waals surface area contributed by atoms with E-state index in [0.717, 1.165) is 39.1 Å². The highest BCUT2D eigenvalue weighted by Gasteiger charge is 2.24. The van der Waals surface area contributed by atoms with Crippen LogP contribution < -0.4 is 10.6 Å². The van der Waals surface area contributed by atoms with Gasteiger partial charge in [0.2, 0.25) is 0 Å². The van der Waals surface area contributed by atoms with E-state index in [9.17, 15) is 9.59 Å². The van der Waals surface area contributed by atoms with Crippen molar-refractivity contribution in [3.63, 3.8) is 0 Å². The van der Waals surface area contributed by atoms with E-state index in [4.69, 9.17) is 0 Å². The van der Waals surface area contributed by atoms with Gasteiger partial charge in [-0.2, -0.15) is 0 Å². The normalized spacial score (nSPS) is 13.8. The van der Waals surface area contributed by atoms with E-state index < -0.39 is 0 Å². The number of nitrogens with zero attached hydrogens (tertiary/aromatic N) is 3. The largest absolute Gasteiger partial charge is 0.369 e. The molecule has 1 amide bonds. The maximum atomic E-state index is 12.4. The van der Waals surface area contributed by atoms with Crippen molar-refractivity contribution in [1.29, 1.82) is 0 Å². The first-order valence-corrected chi connectivity index (χ1v) is 12.3. The molecule has 36 heavy (non-hydrogen) atoms. The maximum absolute atomic E-state index is 12.4. The average Bonchev–Trinajstić information content (AvgIpc) is 3.75. The van der Waals surface area contributed by atoms with E-state index in [2.05, 4.69) is 32.5 Å². The summed E-state index contributed by atoms with van der Waals surface area (Å²) in [6.45, 7) is 2.76. The second kappa shape index (κ2) is 10.2. The van der Waals surface area contributed by atoms with E-state index in [1.54, 1.807) is 25.6 Å². The number of rotatable bonds is 9. The smallest absolute Gasteiger partial charge is 0.251 e.